The number of carbonyl (C=O) groups excluding carboxylic acids is 1. The predicted molar refractivity (Wildman–Crippen MR) is 89.4 cm³/mol. The van der Waals surface area contributed by atoms with E-state index in [1.54, 1.807) is 18.3 Å². The number of rotatable bonds is 12. The van der Waals surface area contributed by atoms with Gasteiger partial charge in [0.25, 0.3) is 0 Å². The predicted octanol–water partition coefficient (Wildman–Crippen LogP) is 5.16. The molecule has 0 aliphatic carbocycles. The molecule has 0 aliphatic heterocycles. The van der Waals surface area contributed by atoms with Gasteiger partial charge in [-0.05, 0) is 18.6 Å². The highest BCUT2D eigenvalue weighted by Crippen LogP contribution is 2.12. The van der Waals surface area contributed by atoms with E-state index in [4.69, 9.17) is 5.73 Å². The second-order valence-corrected chi connectivity index (χ2v) is 5.83. The second-order valence-electron chi connectivity index (χ2n) is 5.83. The summed E-state index contributed by atoms with van der Waals surface area (Å²) in [6, 6.07) is 3.45. The van der Waals surface area contributed by atoms with E-state index in [2.05, 4.69) is 11.9 Å². The third kappa shape index (κ3) is 8.49. The molecular weight excluding hydrogens is 260 g/mol. The van der Waals surface area contributed by atoms with Gasteiger partial charge in [0.2, 0.25) is 0 Å². The Bertz CT molecular complexity index is 387. The summed E-state index contributed by atoms with van der Waals surface area (Å²) in [5, 5.41) is 0. The molecule has 0 atom stereocenters. The molecule has 1 aromatic rings. The first-order valence-electron chi connectivity index (χ1n) is 8.48. The molecule has 0 saturated carbocycles. The van der Waals surface area contributed by atoms with Crippen molar-refractivity contribution in [3.05, 3.63) is 24.0 Å². The molecule has 21 heavy (non-hydrogen) atoms. The Kier molecular flexibility index (Phi) is 9.51. The molecule has 118 valence electrons. The number of anilines is 1. The van der Waals surface area contributed by atoms with Crippen LogP contribution in [0, 0.1) is 0 Å². The van der Waals surface area contributed by atoms with Crippen LogP contribution in [0.25, 0.3) is 0 Å². The van der Waals surface area contributed by atoms with Crippen molar-refractivity contribution in [2.45, 2.75) is 77.6 Å². The van der Waals surface area contributed by atoms with Gasteiger partial charge in [0.1, 0.15) is 5.69 Å². The first-order valence-corrected chi connectivity index (χ1v) is 8.48. The molecular formula is C18H30N2O. The summed E-state index contributed by atoms with van der Waals surface area (Å²) in [6.07, 6.45) is 15.0. The first kappa shape index (κ1) is 17.7. The Morgan fingerprint density at radius 3 is 2.05 bits per heavy atom. The number of nitrogens with zero attached hydrogens (tertiary/aromatic N) is 1. The quantitative estimate of drug-likeness (QED) is 0.427. The summed E-state index contributed by atoms with van der Waals surface area (Å²) >= 11 is 0. The highest BCUT2D eigenvalue weighted by atomic mass is 16.1. The van der Waals surface area contributed by atoms with Crippen LogP contribution in [0.15, 0.2) is 18.3 Å². The average molecular weight is 290 g/mol. The van der Waals surface area contributed by atoms with Gasteiger partial charge in [-0.15, -0.1) is 0 Å². The van der Waals surface area contributed by atoms with Gasteiger partial charge in [0, 0.05) is 6.42 Å². The molecule has 0 saturated heterocycles. The van der Waals surface area contributed by atoms with Crippen molar-refractivity contribution in [3.8, 4) is 0 Å². The fourth-order valence-electron chi connectivity index (χ4n) is 2.47. The summed E-state index contributed by atoms with van der Waals surface area (Å²) in [6.45, 7) is 2.25. The lowest BCUT2D eigenvalue weighted by molar-refractivity contribution is 0.0974. The third-order valence-electron chi connectivity index (χ3n) is 3.83. The molecule has 2 N–H and O–H groups in total. The van der Waals surface area contributed by atoms with E-state index in [-0.39, 0.29) is 5.78 Å². The fraction of sp³-hybridized carbons (Fsp3) is 0.667. The van der Waals surface area contributed by atoms with Crippen molar-refractivity contribution in [3.63, 3.8) is 0 Å². The first-order chi connectivity index (χ1) is 10.2. The molecule has 0 spiro atoms. The molecule has 0 unspecified atom stereocenters. The SMILES string of the molecule is CCCCCCCCCCCCC(=O)c1ccc(N)cn1. The lowest BCUT2D eigenvalue weighted by Crippen LogP contribution is -2.02. The van der Waals surface area contributed by atoms with E-state index in [9.17, 15) is 4.79 Å². The number of nitrogens with two attached hydrogens (primary N) is 1. The van der Waals surface area contributed by atoms with E-state index in [0.717, 1.165) is 12.8 Å². The topological polar surface area (TPSA) is 56.0 Å². The molecule has 1 heterocycles. The van der Waals surface area contributed by atoms with Crippen molar-refractivity contribution in [1.82, 2.24) is 4.98 Å². The molecule has 3 nitrogen and oxygen atoms in total. The summed E-state index contributed by atoms with van der Waals surface area (Å²) in [5.74, 6) is 0.134. The van der Waals surface area contributed by atoms with E-state index < -0.39 is 0 Å². The molecule has 3 heteroatoms. The van der Waals surface area contributed by atoms with Gasteiger partial charge in [-0.3, -0.25) is 9.78 Å². The number of pyridine rings is 1. The van der Waals surface area contributed by atoms with Crippen molar-refractivity contribution < 1.29 is 4.79 Å². The molecule has 0 amide bonds. The highest BCUT2D eigenvalue weighted by Gasteiger charge is 2.06. The van der Waals surface area contributed by atoms with Crippen molar-refractivity contribution >= 4 is 11.5 Å². The third-order valence-corrected chi connectivity index (χ3v) is 3.83. The molecule has 0 aliphatic rings. The van der Waals surface area contributed by atoms with Gasteiger partial charge < -0.3 is 5.73 Å². The van der Waals surface area contributed by atoms with Crippen molar-refractivity contribution in [2.75, 3.05) is 5.73 Å². The van der Waals surface area contributed by atoms with Crippen molar-refractivity contribution in [1.29, 1.82) is 0 Å². The lowest BCUT2D eigenvalue weighted by atomic mass is 10.0. The van der Waals surface area contributed by atoms with Crippen LogP contribution < -0.4 is 5.73 Å². The Balaban J connectivity index is 1.96. The van der Waals surface area contributed by atoms with Crippen molar-refractivity contribution in [2.24, 2.45) is 0 Å². The molecule has 0 aromatic carbocycles. The van der Waals surface area contributed by atoms with Crippen LogP contribution in [0.5, 0.6) is 0 Å². The van der Waals surface area contributed by atoms with Gasteiger partial charge in [-0.2, -0.15) is 0 Å². The number of ketones is 1. The van der Waals surface area contributed by atoms with Gasteiger partial charge in [-0.25, -0.2) is 0 Å². The number of aromatic nitrogens is 1. The maximum Gasteiger partial charge on any atom is 0.181 e. The molecule has 1 aromatic heterocycles. The largest absolute Gasteiger partial charge is 0.397 e. The Morgan fingerprint density at radius 2 is 1.52 bits per heavy atom. The number of hydrogen-bond acceptors (Lipinski definition) is 3. The number of hydrogen-bond donors (Lipinski definition) is 1. The average Bonchev–Trinajstić information content (AvgIpc) is 2.49. The summed E-state index contributed by atoms with van der Waals surface area (Å²) in [4.78, 5) is 16.0. The minimum absolute atomic E-state index is 0.134. The number of unbranched alkanes of at least 4 members (excludes halogenated alkanes) is 9. The van der Waals surface area contributed by atoms with Crippen LogP contribution in [0.4, 0.5) is 5.69 Å². The monoisotopic (exact) mass is 290 g/mol. The van der Waals surface area contributed by atoms with Gasteiger partial charge in [-0.1, -0.05) is 64.7 Å². The summed E-state index contributed by atoms with van der Waals surface area (Å²) < 4.78 is 0. The zero-order valence-electron chi connectivity index (χ0n) is 13.4. The highest BCUT2D eigenvalue weighted by molar-refractivity contribution is 5.94. The Morgan fingerprint density at radius 1 is 0.952 bits per heavy atom. The van der Waals surface area contributed by atoms with Crippen LogP contribution >= 0.6 is 0 Å². The van der Waals surface area contributed by atoms with Crippen LogP contribution in [0.2, 0.25) is 0 Å². The number of Topliss-reactive ketones (excluding diaryl/α,β-unsaturated/α-hetero) is 1. The molecule has 1 rings (SSSR count). The smallest absolute Gasteiger partial charge is 0.181 e. The summed E-state index contributed by atoms with van der Waals surface area (Å²) in [7, 11) is 0. The van der Waals surface area contributed by atoms with E-state index >= 15 is 0 Å². The molecule has 0 bridgehead atoms. The van der Waals surface area contributed by atoms with E-state index in [0.29, 0.717) is 17.8 Å². The minimum atomic E-state index is 0.134. The lowest BCUT2D eigenvalue weighted by Gasteiger charge is -2.03. The maximum atomic E-state index is 11.9. The van der Waals surface area contributed by atoms with Gasteiger partial charge in [0.15, 0.2) is 5.78 Å². The summed E-state index contributed by atoms with van der Waals surface area (Å²) in [5.41, 5.74) is 6.70. The van der Waals surface area contributed by atoms with Crippen LogP contribution in [0.3, 0.4) is 0 Å². The number of nitrogen functional groups attached to an aromatic ring is 1. The minimum Gasteiger partial charge on any atom is -0.397 e. The Hall–Kier alpha value is -1.38. The van der Waals surface area contributed by atoms with Gasteiger partial charge in [0.05, 0.1) is 11.9 Å². The Labute approximate surface area is 129 Å². The van der Waals surface area contributed by atoms with Crippen LogP contribution in [-0.2, 0) is 0 Å². The zero-order valence-corrected chi connectivity index (χ0v) is 13.4. The van der Waals surface area contributed by atoms with Gasteiger partial charge >= 0.3 is 0 Å². The normalized spacial score (nSPS) is 10.7. The maximum absolute atomic E-state index is 11.9. The van der Waals surface area contributed by atoms with Crippen LogP contribution in [0.1, 0.15) is 88.0 Å². The molecule has 0 fully saturated rings. The standard InChI is InChI=1S/C18H30N2O/c1-2-3-4-5-6-7-8-9-10-11-12-18(21)17-14-13-16(19)15-20-17/h13-15H,2-12,19H2,1H3. The fourth-order valence-corrected chi connectivity index (χ4v) is 2.47. The van der Waals surface area contributed by atoms with Crippen LogP contribution in [-0.4, -0.2) is 10.8 Å². The van der Waals surface area contributed by atoms with E-state index in [1.807, 2.05) is 0 Å². The zero-order chi connectivity index (χ0) is 15.3. The molecule has 0 radical (unpaired) electrons. The number of carbonyl (C=O) groups is 1. The van der Waals surface area contributed by atoms with E-state index in [1.165, 1.54) is 51.4 Å². The second kappa shape index (κ2) is 11.3.